The topological polar surface area (TPSA) is 45.7 Å². The lowest BCUT2D eigenvalue weighted by atomic mass is 10.1. The fourth-order valence-electron chi connectivity index (χ4n) is 1.63. The van der Waals surface area contributed by atoms with Gasteiger partial charge in [-0.3, -0.25) is 4.99 Å². The Bertz CT molecular complexity index is 468. The quantitative estimate of drug-likeness (QED) is 0.419. The molecule has 1 aromatic carbocycles. The van der Waals surface area contributed by atoms with Gasteiger partial charge in [0.05, 0.1) is 6.54 Å². The van der Waals surface area contributed by atoms with Gasteiger partial charge in [-0.15, -0.1) is 24.0 Å². The molecule has 0 radical (unpaired) electrons. The Kier molecular flexibility index (Phi) is 10.1. The first kappa shape index (κ1) is 20.9. The Balaban J connectivity index is 0.00000441. The molecule has 0 aliphatic carbocycles. The van der Waals surface area contributed by atoms with E-state index in [0.29, 0.717) is 24.3 Å². The Morgan fingerprint density at radius 2 is 1.95 bits per heavy atom. The molecule has 2 N–H and O–H groups in total. The Morgan fingerprint density at radius 3 is 2.50 bits per heavy atom. The highest BCUT2D eigenvalue weighted by Gasteiger charge is 2.10. The largest absolute Gasteiger partial charge is 0.489 e. The second kappa shape index (κ2) is 10.6. The summed E-state index contributed by atoms with van der Waals surface area (Å²) in [5, 5.41) is 6.53. The first-order valence-electron chi connectivity index (χ1n) is 7.31. The summed E-state index contributed by atoms with van der Waals surface area (Å²) >= 11 is 0. The predicted octanol–water partition coefficient (Wildman–Crippen LogP) is 3.42. The molecule has 0 saturated heterocycles. The van der Waals surface area contributed by atoms with Crippen molar-refractivity contribution in [2.75, 3.05) is 13.6 Å². The number of halogens is 2. The van der Waals surface area contributed by atoms with Crippen LogP contribution >= 0.6 is 24.0 Å². The second-order valence-electron chi connectivity index (χ2n) is 5.52. The van der Waals surface area contributed by atoms with Gasteiger partial charge in [0, 0.05) is 19.2 Å². The second-order valence-corrected chi connectivity index (χ2v) is 5.52. The molecule has 0 saturated carbocycles. The van der Waals surface area contributed by atoms with Crippen molar-refractivity contribution in [3.05, 3.63) is 30.1 Å². The maximum absolute atomic E-state index is 13.1. The summed E-state index contributed by atoms with van der Waals surface area (Å²) in [5.41, 5.74) is 0. The van der Waals surface area contributed by atoms with E-state index in [2.05, 4.69) is 36.4 Å². The standard InChI is InChI=1S/C16H26FN3O.HI/c1-11(2)13(4)20-16(18-5)19-10-12(3)21-15-8-6-7-14(17)9-15;/h6-9,11-13H,10H2,1-5H3,(H2,18,19,20);1H. The monoisotopic (exact) mass is 423 g/mol. The summed E-state index contributed by atoms with van der Waals surface area (Å²) in [6.07, 6.45) is -0.0975. The van der Waals surface area contributed by atoms with E-state index in [4.69, 9.17) is 4.74 Å². The predicted molar refractivity (Wildman–Crippen MR) is 101 cm³/mol. The molecule has 4 nitrogen and oxygen atoms in total. The van der Waals surface area contributed by atoms with Crippen molar-refractivity contribution in [2.24, 2.45) is 10.9 Å². The SMILES string of the molecule is CN=C(NCC(C)Oc1cccc(F)c1)NC(C)C(C)C.I. The smallest absolute Gasteiger partial charge is 0.191 e. The number of nitrogens with zero attached hydrogens (tertiary/aromatic N) is 1. The van der Waals surface area contributed by atoms with Crippen LogP contribution in [-0.2, 0) is 0 Å². The summed E-state index contributed by atoms with van der Waals surface area (Å²) in [5.74, 6) is 1.49. The molecule has 0 aliphatic rings. The van der Waals surface area contributed by atoms with Crippen molar-refractivity contribution in [1.82, 2.24) is 10.6 Å². The minimum absolute atomic E-state index is 0. The van der Waals surface area contributed by atoms with E-state index in [1.807, 2.05) is 6.92 Å². The van der Waals surface area contributed by atoms with Gasteiger partial charge in [-0.05, 0) is 31.9 Å². The lowest BCUT2D eigenvalue weighted by Gasteiger charge is -2.22. The lowest BCUT2D eigenvalue weighted by Crippen LogP contribution is -2.46. The van der Waals surface area contributed by atoms with E-state index in [0.717, 1.165) is 5.96 Å². The lowest BCUT2D eigenvalue weighted by molar-refractivity contribution is 0.222. The first-order valence-corrected chi connectivity index (χ1v) is 7.31. The maximum Gasteiger partial charge on any atom is 0.191 e. The van der Waals surface area contributed by atoms with Crippen LogP contribution < -0.4 is 15.4 Å². The molecule has 6 heteroatoms. The number of ether oxygens (including phenoxy) is 1. The molecule has 2 atom stereocenters. The van der Waals surface area contributed by atoms with Crippen molar-refractivity contribution in [1.29, 1.82) is 0 Å². The van der Waals surface area contributed by atoms with Crippen LogP contribution in [0.3, 0.4) is 0 Å². The van der Waals surface area contributed by atoms with Crippen molar-refractivity contribution in [3.8, 4) is 5.75 Å². The molecule has 0 amide bonds. The van der Waals surface area contributed by atoms with Gasteiger partial charge in [-0.2, -0.15) is 0 Å². The Labute approximate surface area is 149 Å². The average molecular weight is 423 g/mol. The van der Waals surface area contributed by atoms with Crippen molar-refractivity contribution in [2.45, 2.75) is 39.8 Å². The Hall–Kier alpha value is -1.05. The molecule has 0 heterocycles. The van der Waals surface area contributed by atoms with Crippen molar-refractivity contribution >= 4 is 29.9 Å². The van der Waals surface area contributed by atoms with Crippen LogP contribution in [-0.4, -0.2) is 31.7 Å². The van der Waals surface area contributed by atoms with E-state index in [-0.39, 0.29) is 35.9 Å². The summed E-state index contributed by atoms with van der Waals surface area (Å²) in [6.45, 7) is 8.93. The summed E-state index contributed by atoms with van der Waals surface area (Å²) in [7, 11) is 1.74. The van der Waals surface area contributed by atoms with Gasteiger partial charge in [0.15, 0.2) is 5.96 Å². The third kappa shape index (κ3) is 7.82. The normalized spacial score (nSPS) is 14.0. The highest BCUT2D eigenvalue weighted by atomic mass is 127. The van der Waals surface area contributed by atoms with Gasteiger partial charge >= 0.3 is 0 Å². The summed E-state index contributed by atoms with van der Waals surface area (Å²) < 4.78 is 18.7. The van der Waals surface area contributed by atoms with E-state index >= 15 is 0 Å². The van der Waals surface area contributed by atoms with Crippen LogP contribution in [0.25, 0.3) is 0 Å². The number of benzene rings is 1. The summed E-state index contributed by atoms with van der Waals surface area (Å²) in [6, 6.07) is 6.48. The third-order valence-electron chi connectivity index (χ3n) is 3.28. The van der Waals surface area contributed by atoms with Gasteiger partial charge in [0.2, 0.25) is 0 Å². The fraction of sp³-hybridized carbons (Fsp3) is 0.562. The van der Waals surface area contributed by atoms with Crippen LogP contribution in [0.2, 0.25) is 0 Å². The van der Waals surface area contributed by atoms with Gasteiger partial charge in [-0.25, -0.2) is 4.39 Å². The molecule has 126 valence electrons. The fourth-order valence-corrected chi connectivity index (χ4v) is 1.63. The van der Waals surface area contributed by atoms with Crippen LogP contribution in [0.4, 0.5) is 4.39 Å². The number of hydrogen-bond donors (Lipinski definition) is 2. The molecule has 0 bridgehead atoms. The summed E-state index contributed by atoms with van der Waals surface area (Å²) in [4.78, 5) is 4.18. The van der Waals surface area contributed by atoms with E-state index in [1.165, 1.54) is 12.1 Å². The zero-order chi connectivity index (χ0) is 15.8. The molecular weight excluding hydrogens is 396 g/mol. The zero-order valence-corrected chi connectivity index (χ0v) is 16.2. The van der Waals surface area contributed by atoms with Crippen molar-refractivity contribution in [3.63, 3.8) is 0 Å². The Morgan fingerprint density at radius 1 is 1.27 bits per heavy atom. The molecule has 0 fully saturated rings. The van der Waals surface area contributed by atoms with E-state index in [1.54, 1.807) is 19.2 Å². The number of hydrogen-bond acceptors (Lipinski definition) is 2. The number of guanidine groups is 1. The highest BCUT2D eigenvalue weighted by Crippen LogP contribution is 2.13. The maximum atomic E-state index is 13.1. The molecule has 1 aromatic rings. The highest BCUT2D eigenvalue weighted by molar-refractivity contribution is 14.0. The molecule has 0 spiro atoms. The molecular formula is C16H27FIN3O. The number of aliphatic imine (C=N–C) groups is 1. The molecule has 2 unspecified atom stereocenters. The van der Waals surface area contributed by atoms with Gasteiger partial charge in [-0.1, -0.05) is 19.9 Å². The molecule has 0 aliphatic heterocycles. The molecule has 1 rings (SSSR count). The van der Waals surface area contributed by atoms with Gasteiger partial charge in [0.1, 0.15) is 17.7 Å². The first-order chi connectivity index (χ1) is 9.92. The van der Waals surface area contributed by atoms with Gasteiger partial charge in [0.25, 0.3) is 0 Å². The zero-order valence-electron chi connectivity index (χ0n) is 13.9. The number of nitrogens with one attached hydrogen (secondary N) is 2. The van der Waals surface area contributed by atoms with Crippen LogP contribution in [0.15, 0.2) is 29.3 Å². The van der Waals surface area contributed by atoms with Crippen LogP contribution in [0, 0.1) is 11.7 Å². The molecule has 22 heavy (non-hydrogen) atoms. The van der Waals surface area contributed by atoms with Gasteiger partial charge < -0.3 is 15.4 Å². The minimum atomic E-state index is -0.295. The van der Waals surface area contributed by atoms with Crippen molar-refractivity contribution < 1.29 is 9.13 Å². The van der Waals surface area contributed by atoms with Crippen LogP contribution in [0.5, 0.6) is 5.75 Å². The average Bonchev–Trinajstić information content (AvgIpc) is 2.43. The molecule has 0 aromatic heterocycles. The van der Waals surface area contributed by atoms with E-state index in [9.17, 15) is 4.39 Å². The minimum Gasteiger partial charge on any atom is -0.489 e. The van der Waals surface area contributed by atoms with Crippen LogP contribution in [0.1, 0.15) is 27.7 Å². The van der Waals surface area contributed by atoms with E-state index < -0.39 is 0 Å². The number of rotatable bonds is 6. The third-order valence-corrected chi connectivity index (χ3v) is 3.28.